The normalized spacial score (nSPS) is 10.8. The molecule has 0 saturated heterocycles. The maximum atomic E-state index is 12.3. The number of nitrogens with zero attached hydrogens (tertiary/aromatic N) is 2. The second-order valence-electron chi connectivity index (χ2n) is 5.73. The molecule has 2 aromatic heterocycles. The van der Waals surface area contributed by atoms with Crippen molar-refractivity contribution in [3.05, 3.63) is 65.1 Å². The summed E-state index contributed by atoms with van der Waals surface area (Å²) in [5.41, 5.74) is 3.33. The average molecular weight is 322 g/mol. The van der Waals surface area contributed by atoms with Crippen LogP contribution < -0.4 is 0 Å². The predicted molar refractivity (Wildman–Crippen MR) is 91.2 cm³/mol. The minimum absolute atomic E-state index is 0.197. The van der Waals surface area contributed by atoms with Crippen molar-refractivity contribution < 1.29 is 14.3 Å². The number of aryl methyl sites for hydroxylation is 1. The fraction of sp³-hybridized carbons (Fsp3) is 0.211. The second kappa shape index (κ2) is 6.28. The third-order valence-electron chi connectivity index (χ3n) is 4.22. The fourth-order valence-corrected chi connectivity index (χ4v) is 2.60. The summed E-state index contributed by atoms with van der Waals surface area (Å²) in [7, 11) is 1.90. The summed E-state index contributed by atoms with van der Waals surface area (Å²) in [4.78, 5) is 28.7. The van der Waals surface area contributed by atoms with Gasteiger partial charge in [0.05, 0.1) is 5.52 Å². The zero-order chi connectivity index (χ0) is 17.3. The van der Waals surface area contributed by atoms with Crippen LogP contribution in [0.5, 0.6) is 0 Å². The Morgan fingerprint density at radius 2 is 1.88 bits per heavy atom. The van der Waals surface area contributed by atoms with Crippen molar-refractivity contribution >= 4 is 22.7 Å². The molecule has 0 atom stereocenters. The molecule has 3 aromatic rings. The van der Waals surface area contributed by atoms with Gasteiger partial charge in [0.15, 0.2) is 6.61 Å². The van der Waals surface area contributed by atoms with Crippen LogP contribution in [0.15, 0.2) is 42.5 Å². The van der Waals surface area contributed by atoms with Crippen LogP contribution in [0.2, 0.25) is 0 Å². The van der Waals surface area contributed by atoms with Crippen molar-refractivity contribution in [1.29, 1.82) is 0 Å². The Labute approximate surface area is 139 Å². The van der Waals surface area contributed by atoms with Gasteiger partial charge in [-0.1, -0.05) is 24.3 Å². The summed E-state index contributed by atoms with van der Waals surface area (Å²) >= 11 is 0. The van der Waals surface area contributed by atoms with Crippen molar-refractivity contribution in [2.75, 3.05) is 6.61 Å². The molecule has 0 bridgehead atoms. The molecule has 5 heteroatoms. The Bertz CT molecular complexity index is 941. The molecule has 0 spiro atoms. The number of carbonyl (C=O) groups excluding carboxylic acids is 2. The topological polar surface area (TPSA) is 61.2 Å². The summed E-state index contributed by atoms with van der Waals surface area (Å²) < 4.78 is 7.07. The number of hydrogen-bond acceptors (Lipinski definition) is 4. The maximum Gasteiger partial charge on any atom is 0.357 e. The number of esters is 1. The first-order valence-electron chi connectivity index (χ1n) is 7.66. The van der Waals surface area contributed by atoms with Crippen LogP contribution >= 0.6 is 0 Å². The van der Waals surface area contributed by atoms with E-state index in [0.29, 0.717) is 11.1 Å². The molecule has 0 radical (unpaired) electrons. The molecule has 0 aliphatic heterocycles. The highest BCUT2D eigenvalue weighted by molar-refractivity contribution is 6.00. The number of benzene rings is 1. The van der Waals surface area contributed by atoms with Gasteiger partial charge in [-0.2, -0.15) is 0 Å². The molecule has 0 N–H and O–H groups in total. The Kier molecular flexibility index (Phi) is 4.16. The van der Waals surface area contributed by atoms with E-state index in [1.165, 1.54) is 0 Å². The van der Waals surface area contributed by atoms with Gasteiger partial charge in [0.25, 0.3) is 0 Å². The number of carbonyl (C=O) groups is 2. The molecule has 3 rings (SSSR count). The van der Waals surface area contributed by atoms with Gasteiger partial charge >= 0.3 is 5.97 Å². The van der Waals surface area contributed by atoms with Gasteiger partial charge in [-0.15, -0.1) is 0 Å². The number of rotatable bonds is 4. The summed E-state index contributed by atoms with van der Waals surface area (Å²) in [5.74, 6) is -0.815. The van der Waals surface area contributed by atoms with Crippen LogP contribution in [0.1, 0.15) is 32.2 Å². The second-order valence-corrected chi connectivity index (χ2v) is 5.73. The van der Waals surface area contributed by atoms with Crippen LogP contribution in [0.4, 0.5) is 0 Å². The SMILES string of the molecule is Cc1cc(C(=O)COC(=O)c2ccc3ccccc3n2)c(C)n1C. The Hall–Kier alpha value is -2.95. The number of ether oxygens (including phenoxy) is 1. The molecular formula is C19H18N2O3. The smallest absolute Gasteiger partial charge is 0.357 e. The third kappa shape index (κ3) is 2.93. The van der Waals surface area contributed by atoms with Gasteiger partial charge < -0.3 is 9.30 Å². The lowest BCUT2D eigenvalue weighted by Gasteiger charge is -2.05. The van der Waals surface area contributed by atoms with Crippen molar-refractivity contribution in [3.63, 3.8) is 0 Å². The lowest BCUT2D eigenvalue weighted by molar-refractivity contribution is 0.0469. The highest BCUT2D eigenvalue weighted by Crippen LogP contribution is 2.15. The molecule has 0 aliphatic carbocycles. The molecule has 24 heavy (non-hydrogen) atoms. The minimum atomic E-state index is -0.598. The van der Waals surface area contributed by atoms with Crippen molar-refractivity contribution in [2.24, 2.45) is 7.05 Å². The maximum absolute atomic E-state index is 12.3. The first-order chi connectivity index (χ1) is 11.5. The number of para-hydroxylation sites is 1. The highest BCUT2D eigenvalue weighted by Gasteiger charge is 2.17. The number of pyridine rings is 1. The number of aromatic nitrogens is 2. The summed E-state index contributed by atoms with van der Waals surface area (Å²) in [5, 5.41) is 0.945. The summed E-state index contributed by atoms with van der Waals surface area (Å²) in [6.07, 6.45) is 0. The number of hydrogen-bond donors (Lipinski definition) is 0. The summed E-state index contributed by atoms with van der Waals surface area (Å²) in [6, 6.07) is 12.7. The quantitative estimate of drug-likeness (QED) is 0.546. The molecule has 1 aromatic carbocycles. The van der Waals surface area contributed by atoms with E-state index in [1.807, 2.05) is 55.8 Å². The Balaban J connectivity index is 1.72. The Morgan fingerprint density at radius 1 is 1.12 bits per heavy atom. The average Bonchev–Trinajstić information content (AvgIpc) is 2.86. The van der Waals surface area contributed by atoms with Crippen molar-refractivity contribution in [2.45, 2.75) is 13.8 Å². The van der Waals surface area contributed by atoms with Gasteiger partial charge in [0, 0.05) is 29.4 Å². The predicted octanol–water partition coefficient (Wildman–Crippen LogP) is 3.23. The van der Waals surface area contributed by atoms with Gasteiger partial charge in [-0.25, -0.2) is 9.78 Å². The monoisotopic (exact) mass is 322 g/mol. The lowest BCUT2D eigenvalue weighted by atomic mass is 10.1. The zero-order valence-corrected chi connectivity index (χ0v) is 13.9. The minimum Gasteiger partial charge on any atom is -0.453 e. The fourth-order valence-electron chi connectivity index (χ4n) is 2.60. The number of ketones is 1. The number of Topliss-reactive ketones (excluding diaryl/α,β-unsaturated/α-hetero) is 1. The molecule has 2 heterocycles. The highest BCUT2D eigenvalue weighted by atomic mass is 16.5. The van der Waals surface area contributed by atoms with Crippen LogP contribution in [0, 0.1) is 13.8 Å². The molecule has 0 fully saturated rings. The van der Waals surface area contributed by atoms with Gasteiger partial charge in [-0.3, -0.25) is 4.79 Å². The van der Waals surface area contributed by atoms with E-state index in [4.69, 9.17) is 4.74 Å². The van der Waals surface area contributed by atoms with E-state index in [0.717, 1.165) is 16.8 Å². The third-order valence-corrected chi connectivity index (χ3v) is 4.22. The molecular weight excluding hydrogens is 304 g/mol. The van der Waals surface area contributed by atoms with Gasteiger partial charge in [-0.05, 0) is 32.0 Å². The largest absolute Gasteiger partial charge is 0.453 e. The van der Waals surface area contributed by atoms with E-state index in [1.54, 1.807) is 12.1 Å². The van der Waals surface area contributed by atoms with Crippen LogP contribution in [-0.4, -0.2) is 27.9 Å². The van der Waals surface area contributed by atoms with E-state index >= 15 is 0 Å². The lowest BCUT2D eigenvalue weighted by Crippen LogP contribution is -2.15. The molecule has 0 aliphatic rings. The molecule has 122 valence electrons. The molecule has 0 amide bonds. The van der Waals surface area contributed by atoms with E-state index < -0.39 is 5.97 Å². The molecule has 0 saturated carbocycles. The van der Waals surface area contributed by atoms with Crippen molar-refractivity contribution in [1.82, 2.24) is 9.55 Å². The standard InChI is InChI=1S/C19H18N2O3/c1-12-10-15(13(2)21(12)3)18(22)11-24-19(23)17-9-8-14-6-4-5-7-16(14)20-17/h4-10H,11H2,1-3H3. The Morgan fingerprint density at radius 3 is 2.58 bits per heavy atom. The van der Waals surface area contributed by atoms with Crippen LogP contribution in [0.25, 0.3) is 10.9 Å². The first kappa shape index (κ1) is 15.9. The molecule has 0 unspecified atom stereocenters. The van der Waals surface area contributed by atoms with E-state index in [2.05, 4.69) is 4.98 Å². The van der Waals surface area contributed by atoms with Gasteiger partial charge in [0.1, 0.15) is 5.69 Å². The zero-order valence-electron chi connectivity index (χ0n) is 13.9. The summed E-state index contributed by atoms with van der Waals surface area (Å²) in [6.45, 7) is 3.50. The van der Waals surface area contributed by atoms with Crippen LogP contribution in [-0.2, 0) is 11.8 Å². The van der Waals surface area contributed by atoms with E-state index in [-0.39, 0.29) is 18.1 Å². The van der Waals surface area contributed by atoms with E-state index in [9.17, 15) is 9.59 Å². The van der Waals surface area contributed by atoms with Crippen molar-refractivity contribution in [3.8, 4) is 0 Å². The van der Waals surface area contributed by atoms with Gasteiger partial charge in [0.2, 0.25) is 5.78 Å². The molecule has 5 nitrogen and oxygen atoms in total. The number of fused-ring (bicyclic) bond motifs is 1. The first-order valence-corrected chi connectivity index (χ1v) is 7.66. The van der Waals surface area contributed by atoms with Crippen LogP contribution in [0.3, 0.4) is 0 Å².